The Morgan fingerprint density at radius 1 is 1.29 bits per heavy atom. The van der Waals surface area contributed by atoms with Gasteiger partial charge in [0, 0.05) is 17.9 Å². The zero-order valence-corrected chi connectivity index (χ0v) is 9.91. The van der Waals surface area contributed by atoms with Crippen LogP contribution in [0.3, 0.4) is 0 Å². The van der Waals surface area contributed by atoms with Crippen molar-refractivity contribution in [1.29, 1.82) is 0 Å². The zero-order valence-electron chi connectivity index (χ0n) is 9.91. The maximum atomic E-state index is 11.5. The quantitative estimate of drug-likeness (QED) is 0.540. The Labute approximate surface area is 102 Å². The van der Waals surface area contributed by atoms with Gasteiger partial charge in [-0.1, -0.05) is 12.8 Å². The van der Waals surface area contributed by atoms with Crippen LogP contribution >= 0.6 is 0 Å². The zero-order chi connectivity index (χ0) is 12.1. The average Bonchev–Trinajstić information content (AvgIpc) is 3.12. The molecule has 17 heavy (non-hydrogen) atoms. The highest BCUT2D eigenvalue weighted by Crippen LogP contribution is 2.33. The molecule has 1 aliphatic carbocycles. The second kappa shape index (κ2) is 5.57. The van der Waals surface area contributed by atoms with E-state index < -0.39 is 0 Å². The third-order valence-corrected chi connectivity index (χ3v) is 2.94. The number of hydrogen-bond acceptors (Lipinski definition) is 2. The van der Waals surface area contributed by atoms with Gasteiger partial charge in [0.05, 0.1) is 0 Å². The standard InChI is InChI=1S/C13H19N3O/c14-11-5-7-12(8-6-11)16-13(17)15-9-1-2-10-3-4-10/h5-8,10H,1-4,9,14H2,(H2,15,16,17). The van der Waals surface area contributed by atoms with Crippen LogP contribution in [0.2, 0.25) is 0 Å². The summed E-state index contributed by atoms with van der Waals surface area (Å²) in [5.41, 5.74) is 7.02. The normalized spacial score (nSPS) is 14.4. The summed E-state index contributed by atoms with van der Waals surface area (Å²) in [4.78, 5) is 11.5. The van der Waals surface area contributed by atoms with Crippen LogP contribution in [0.5, 0.6) is 0 Å². The smallest absolute Gasteiger partial charge is 0.319 e. The van der Waals surface area contributed by atoms with E-state index >= 15 is 0 Å². The predicted octanol–water partition coefficient (Wildman–Crippen LogP) is 2.58. The second-order valence-corrected chi connectivity index (χ2v) is 4.59. The van der Waals surface area contributed by atoms with Gasteiger partial charge < -0.3 is 16.4 Å². The van der Waals surface area contributed by atoms with Gasteiger partial charge in [0.1, 0.15) is 0 Å². The predicted molar refractivity (Wildman–Crippen MR) is 69.8 cm³/mol. The molecule has 4 heteroatoms. The molecule has 0 saturated heterocycles. The highest BCUT2D eigenvalue weighted by Gasteiger charge is 2.19. The molecule has 1 aliphatic rings. The summed E-state index contributed by atoms with van der Waals surface area (Å²) in [7, 11) is 0. The van der Waals surface area contributed by atoms with Crippen molar-refractivity contribution < 1.29 is 4.79 Å². The van der Waals surface area contributed by atoms with Gasteiger partial charge in [0.15, 0.2) is 0 Å². The van der Waals surface area contributed by atoms with Crippen LogP contribution in [-0.2, 0) is 0 Å². The number of carbonyl (C=O) groups is 1. The van der Waals surface area contributed by atoms with Crippen molar-refractivity contribution in [3.63, 3.8) is 0 Å². The van der Waals surface area contributed by atoms with E-state index in [1.54, 1.807) is 24.3 Å². The van der Waals surface area contributed by atoms with Crippen LogP contribution in [0.1, 0.15) is 25.7 Å². The third-order valence-electron chi connectivity index (χ3n) is 2.94. The second-order valence-electron chi connectivity index (χ2n) is 4.59. The fourth-order valence-electron chi connectivity index (χ4n) is 1.74. The molecule has 1 saturated carbocycles. The Morgan fingerprint density at radius 2 is 2.00 bits per heavy atom. The lowest BCUT2D eigenvalue weighted by atomic mass is 10.2. The van der Waals surface area contributed by atoms with Crippen molar-refractivity contribution in [3.8, 4) is 0 Å². The molecule has 2 rings (SSSR count). The largest absolute Gasteiger partial charge is 0.399 e. The number of nitrogens with one attached hydrogen (secondary N) is 2. The van der Waals surface area contributed by atoms with E-state index in [1.807, 2.05) is 0 Å². The molecule has 4 N–H and O–H groups in total. The molecular formula is C13H19N3O. The Bertz CT molecular complexity index is 371. The summed E-state index contributed by atoms with van der Waals surface area (Å²) in [6, 6.07) is 6.97. The molecule has 2 amide bonds. The average molecular weight is 233 g/mol. The molecule has 4 nitrogen and oxygen atoms in total. The first kappa shape index (κ1) is 11.8. The minimum atomic E-state index is -0.148. The summed E-state index contributed by atoms with van der Waals surface area (Å²) in [6.07, 6.45) is 5.05. The maximum Gasteiger partial charge on any atom is 0.319 e. The van der Waals surface area contributed by atoms with Crippen LogP contribution in [0, 0.1) is 5.92 Å². The highest BCUT2D eigenvalue weighted by atomic mass is 16.2. The molecule has 1 aromatic rings. The number of carbonyl (C=O) groups excluding carboxylic acids is 1. The summed E-state index contributed by atoms with van der Waals surface area (Å²) in [5.74, 6) is 0.928. The van der Waals surface area contributed by atoms with Gasteiger partial charge in [-0.3, -0.25) is 0 Å². The first-order chi connectivity index (χ1) is 8.24. The van der Waals surface area contributed by atoms with Crippen LogP contribution in [0.15, 0.2) is 24.3 Å². The summed E-state index contributed by atoms with van der Waals surface area (Å²) in [6.45, 7) is 0.747. The summed E-state index contributed by atoms with van der Waals surface area (Å²) >= 11 is 0. The van der Waals surface area contributed by atoms with Gasteiger partial charge in [0.25, 0.3) is 0 Å². The lowest BCUT2D eigenvalue weighted by molar-refractivity contribution is 0.252. The molecule has 0 spiro atoms. The minimum absolute atomic E-state index is 0.148. The van der Waals surface area contributed by atoms with Crippen LogP contribution in [0.25, 0.3) is 0 Å². The van der Waals surface area contributed by atoms with E-state index in [0.29, 0.717) is 5.69 Å². The number of nitrogens with two attached hydrogens (primary N) is 1. The molecule has 0 atom stereocenters. The van der Waals surface area contributed by atoms with Gasteiger partial charge in [-0.05, 0) is 43.0 Å². The van der Waals surface area contributed by atoms with Crippen LogP contribution in [-0.4, -0.2) is 12.6 Å². The number of rotatable bonds is 5. The number of urea groups is 1. The first-order valence-corrected chi connectivity index (χ1v) is 6.14. The van der Waals surface area contributed by atoms with Gasteiger partial charge in [-0.15, -0.1) is 0 Å². The monoisotopic (exact) mass is 233 g/mol. The fourth-order valence-corrected chi connectivity index (χ4v) is 1.74. The number of benzene rings is 1. The number of hydrogen-bond donors (Lipinski definition) is 3. The summed E-state index contributed by atoms with van der Waals surface area (Å²) in [5, 5.41) is 5.61. The molecule has 0 bridgehead atoms. The van der Waals surface area contributed by atoms with Crippen LogP contribution in [0.4, 0.5) is 16.2 Å². The van der Waals surface area contributed by atoms with Crippen molar-refractivity contribution in [2.45, 2.75) is 25.7 Å². The first-order valence-electron chi connectivity index (χ1n) is 6.14. The molecule has 0 aliphatic heterocycles. The van der Waals surface area contributed by atoms with E-state index in [0.717, 1.165) is 24.6 Å². The third kappa shape index (κ3) is 4.34. The van der Waals surface area contributed by atoms with E-state index in [-0.39, 0.29) is 6.03 Å². The van der Waals surface area contributed by atoms with E-state index in [2.05, 4.69) is 10.6 Å². The Morgan fingerprint density at radius 3 is 2.65 bits per heavy atom. The van der Waals surface area contributed by atoms with Crippen molar-refractivity contribution in [2.24, 2.45) is 5.92 Å². The number of amides is 2. The Balaban J connectivity index is 1.63. The Hall–Kier alpha value is -1.71. The van der Waals surface area contributed by atoms with E-state index in [9.17, 15) is 4.79 Å². The molecule has 0 radical (unpaired) electrons. The summed E-state index contributed by atoms with van der Waals surface area (Å²) < 4.78 is 0. The van der Waals surface area contributed by atoms with E-state index in [4.69, 9.17) is 5.73 Å². The van der Waals surface area contributed by atoms with Crippen LogP contribution < -0.4 is 16.4 Å². The maximum absolute atomic E-state index is 11.5. The lowest BCUT2D eigenvalue weighted by Crippen LogP contribution is -2.29. The minimum Gasteiger partial charge on any atom is -0.399 e. The molecule has 0 heterocycles. The number of nitrogen functional groups attached to an aromatic ring is 1. The topological polar surface area (TPSA) is 67.1 Å². The van der Waals surface area contributed by atoms with Gasteiger partial charge in [-0.2, -0.15) is 0 Å². The van der Waals surface area contributed by atoms with Gasteiger partial charge in [0.2, 0.25) is 0 Å². The van der Waals surface area contributed by atoms with Crippen molar-refractivity contribution in [2.75, 3.05) is 17.6 Å². The lowest BCUT2D eigenvalue weighted by Gasteiger charge is -2.07. The highest BCUT2D eigenvalue weighted by molar-refractivity contribution is 5.89. The van der Waals surface area contributed by atoms with E-state index in [1.165, 1.54) is 19.3 Å². The molecule has 0 unspecified atom stereocenters. The van der Waals surface area contributed by atoms with Gasteiger partial charge in [-0.25, -0.2) is 4.79 Å². The fraction of sp³-hybridized carbons (Fsp3) is 0.462. The number of anilines is 2. The molecule has 0 aromatic heterocycles. The van der Waals surface area contributed by atoms with Crippen molar-refractivity contribution in [1.82, 2.24) is 5.32 Å². The Kier molecular flexibility index (Phi) is 3.85. The van der Waals surface area contributed by atoms with Crippen molar-refractivity contribution in [3.05, 3.63) is 24.3 Å². The molecule has 92 valence electrons. The SMILES string of the molecule is Nc1ccc(NC(=O)NCCCC2CC2)cc1. The molecule has 1 fully saturated rings. The van der Waals surface area contributed by atoms with Crippen molar-refractivity contribution >= 4 is 17.4 Å². The molecule has 1 aromatic carbocycles. The van der Waals surface area contributed by atoms with Gasteiger partial charge >= 0.3 is 6.03 Å². The molecular weight excluding hydrogens is 214 g/mol.